The highest BCUT2D eigenvalue weighted by atomic mass is 15.3. The molecule has 3 aliphatic rings. The first-order valence-corrected chi connectivity index (χ1v) is 12.7. The number of nitrogens with zero attached hydrogens (tertiary/aromatic N) is 3. The first kappa shape index (κ1) is 24.2. The molecule has 2 saturated heterocycles. The summed E-state index contributed by atoms with van der Waals surface area (Å²) in [4.78, 5) is 8.21. The lowest BCUT2D eigenvalue weighted by Gasteiger charge is -2.44. The molecule has 0 aromatic rings. The van der Waals surface area contributed by atoms with Gasteiger partial charge in [-0.25, -0.2) is 0 Å². The quantitative estimate of drug-likeness (QED) is 0.565. The minimum atomic E-state index is 0.687. The van der Waals surface area contributed by atoms with Gasteiger partial charge in [-0.3, -0.25) is 4.90 Å². The molecule has 0 radical (unpaired) electrons. The Balaban J connectivity index is 0.00000136. The summed E-state index contributed by atoms with van der Waals surface area (Å²) >= 11 is 0. The van der Waals surface area contributed by atoms with Crippen LogP contribution >= 0.6 is 0 Å². The molecule has 0 bridgehead atoms. The molecule has 0 spiro atoms. The van der Waals surface area contributed by atoms with Gasteiger partial charge >= 0.3 is 0 Å². The number of hydrogen-bond donors (Lipinski definition) is 0. The SMILES string of the molecule is CC.CC(C)N1CCC(N2CCN(CCCC3(C(C)C)CCCC3)CC2)CC1. The smallest absolute Gasteiger partial charge is 0.0121 e. The predicted molar refractivity (Wildman–Crippen MR) is 124 cm³/mol. The molecule has 0 N–H and O–H groups in total. The lowest BCUT2D eigenvalue weighted by atomic mass is 9.72. The van der Waals surface area contributed by atoms with Crippen molar-refractivity contribution >= 4 is 0 Å². The molecule has 3 heteroatoms. The molecular weight excluding hydrogens is 342 g/mol. The van der Waals surface area contributed by atoms with Gasteiger partial charge in [-0.15, -0.1) is 0 Å². The van der Waals surface area contributed by atoms with Crippen molar-refractivity contribution < 1.29 is 0 Å². The molecule has 3 rings (SSSR count). The van der Waals surface area contributed by atoms with Crippen molar-refractivity contribution in [2.24, 2.45) is 11.3 Å². The van der Waals surface area contributed by atoms with Crippen LogP contribution in [-0.2, 0) is 0 Å². The Hall–Kier alpha value is -0.120. The average Bonchev–Trinajstić information content (AvgIpc) is 3.20. The lowest BCUT2D eigenvalue weighted by molar-refractivity contribution is 0.0494. The van der Waals surface area contributed by atoms with Crippen LogP contribution in [0.15, 0.2) is 0 Å². The first-order chi connectivity index (χ1) is 13.5. The zero-order chi connectivity index (χ0) is 20.6. The van der Waals surface area contributed by atoms with E-state index in [1.165, 1.54) is 97.2 Å². The Bertz CT molecular complexity index is 398. The van der Waals surface area contributed by atoms with Crippen molar-refractivity contribution in [3.05, 3.63) is 0 Å². The van der Waals surface area contributed by atoms with E-state index in [2.05, 4.69) is 42.4 Å². The van der Waals surface area contributed by atoms with Gasteiger partial charge in [-0.1, -0.05) is 40.5 Å². The van der Waals surface area contributed by atoms with Crippen LogP contribution in [0.5, 0.6) is 0 Å². The van der Waals surface area contributed by atoms with E-state index in [0.717, 1.165) is 18.0 Å². The second-order valence-electron chi connectivity index (χ2n) is 10.1. The maximum absolute atomic E-state index is 2.81. The third kappa shape index (κ3) is 6.44. The van der Waals surface area contributed by atoms with E-state index >= 15 is 0 Å². The summed E-state index contributed by atoms with van der Waals surface area (Å²) in [6.07, 6.45) is 11.6. The van der Waals surface area contributed by atoms with Crippen LogP contribution in [0.2, 0.25) is 0 Å². The second-order valence-corrected chi connectivity index (χ2v) is 10.1. The minimum Gasteiger partial charge on any atom is -0.301 e. The zero-order valence-electron chi connectivity index (χ0n) is 20.2. The Morgan fingerprint density at radius 1 is 0.821 bits per heavy atom. The fraction of sp³-hybridized carbons (Fsp3) is 1.00. The largest absolute Gasteiger partial charge is 0.301 e. The molecule has 1 saturated carbocycles. The third-order valence-corrected chi connectivity index (χ3v) is 8.13. The molecular formula is C25H51N3. The van der Waals surface area contributed by atoms with E-state index < -0.39 is 0 Å². The van der Waals surface area contributed by atoms with Crippen molar-refractivity contribution in [3.8, 4) is 0 Å². The summed E-state index contributed by atoms with van der Waals surface area (Å²) in [6, 6.07) is 1.58. The van der Waals surface area contributed by atoms with E-state index in [1.54, 1.807) is 0 Å². The lowest BCUT2D eigenvalue weighted by Crippen LogP contribution is -2.53. The topological polar surface area (TPSA) is 9.72 Å². The van der Waals surface area contributed by atoms with E-state index in [4.69, 9.17) is 0 Å². The number of piperidine rings is 1. The third-order valence-electron chi connectivity index (χ3n) is 8.13. The Labute approximate surface area is 177 Å². The van der Waals surface area contributed by atoms with Gasteiger partial charge in [0.25, 0.3) is 0 Å². The molecule has 3 nitrogen and oxygen atoms in total. The standard InChI is InChI=1S/C23H45N3.C2H6/c1-20(2)23(10-5-6-11-23)12-7-13-24-16-18-26(19-17-24)22-8-14-25(15-9-22)21(3)4;1-2/h20-22H,5-19H2,1-4H3;1-2H3. The van der Waals surface area contributed by atoms with E-state index in [-0.39, 0.29) is 0 Å². The molecule has 0 aromatic carbocycles. The van der Waals surface area contributed by atoms with Crippen molar-refractivity contribution in [2.75, 3.05) is 45.8 Å². The normalized spacial score (nSPS) is 25.3. The average molecular weight is 394 g/mol. The molecule has 2 heterocycles. The van der Waals surface area contributed by atoms with Crippen molar-refractivity contribution in [1.29, 1.82) is 0 Å². The van der Waals surface area contributed by atoms with Crippen LogP contribution in [0, 0.1) is 11.3 Å². The molecule has 166 valence electrons. The van der Waals surface area contributed by atoms with Gasteiger partial charge in [0.1, 0.15) is 0 Å². The summed E-state index contributed by atoms with van der Waals surface area (Å²) < 4.78 is 0. The number of hydrogen-bond acceptors (Lipinski definition) is 3. The number of piperazine rings is 1. The monoisotopic (exact) mass is 393 g/mol. The Morgan fingerprint density at radius 3 is 1.89 bits per heavy atom. The van der Waals surface area contributed by atoms with Gasteiger partial charge in [0.2, 0.25) is 0 Å². The summed E-state index contributed by atoms with van der Waals surface area (Å²) in [7, 11) is 0. The maximum atomic E-state index is 2.81. The minimum absolute atomic E-state index is 0.687. The van der Waals surface area contributed by atoms with Crippen LogP contribution in [0.1, 0.15) is 92.9 Å². The van der Waals surface area contributed by atoms with E-state index in [0.29, 0.717) is 5.41 Å². The first-order valence-electron chi connectivity index (χ1n) is 12.7. The van der Waals surface area contributed by atoms with Crippen LogP contribution < -0.4 is 0 Å². The molecule has 0 atom stereocenters. The molecule has 1 aliphatic carbocycles. The number of likely N-dealkylation sites (tertiary alicyclic amines) is 1. The van der Waals surface area contributed by atoms with Crippen LogP contribution in [-0.4, -0.2) is 72.6 Å². The summed E-state index contributed by atoms with van der Waals surface area (Å²) in [5.41, 5.74) is 0.687. The summed E-state index contributed by atoms with van der Waals surface area (Å²) in [5.74, 6) is 0.874. The predicted octanol–water partition coefficient (Wildman–Crippen LogP) is 5.50. The Morgan fingerprint density at radius 2 is 1.39 bits per heavy atom. The summed E-state index contributed by atoms with van der Waals surface area (Å²) in [6.45, 7) is 22.8. The molecule has 2 aliphatic heterocycles. The van der Waals surface area contributed by atoms with Gasteiger partial charge < -0.3 is 9.80 Å². The van der Waals surface area contributed by atoms with Gasteiger partial charge in [0.05, 0.1) is 0 Å². The van der Waals surface area contributed by atoms with Crippen molar-refractivity contribution in [3.63, 3.8) is 0 Å². The molecule has 0 aromatic heterocycles. The van der Waals surface area contributed by atoms with Crippen LogP contribution in [0.4, 0.5) is 0 Å². The van der Waals surface area contributed by atoms with Gasteiger partial charge in [0, 0.05) is 38.3 Å². The molecule has 3 fully saturated rings. The number of rotatable bonds is 7. The van der Waals surface area contributed by atoms with Gasteiger partial charge in [0.15, 0.2) is 0 Å². The van der Waals surface area contributed by atoms with Gasteiger partial charge in [-0.05, 0) is 83.3 Å². The molecule has 0 amide bonds. The highest BCUT2D eigenvalue weighted by molar-refractivity contribution is 4.88. The zero-order valence-corrected chi connectivity index (χ0v) is 20.2. The van der Waals surface area contributed by atoms with E-state index in [1.807, 2.05) is 13.8 Å². The second kappa shape index (κ2) is 11.9. The van der Waals surface area contributed by atoms with Gasteiger partial charge in [-0.2, -0.15) is 0 Å². The summed E-state index contributed by atoms with van der Waals surface area (Å²) in [5, 5.41) is 0. The van der Waals surface area contributed by atoms with E-state index in [9.17, 15) is 0 Å². The maximum Gasteiger partial charge on any atom is 0.0121 e. The molecule has 0 unspecified atom stereocenters. The van der Waals surface area contributed by atoms with Crippen molar-refractivity contribution in [1.82, 2.24) is 14.7 Å². The van der Waals surface area contributed by atoms with Crippen molar-refractivity contribution in [2.45, 2.75) is 105 Å². The van der Waals surface area contributed by atoms with Crippen LogP contribution in [0.3, 0.4) is 0 Å². The molecule has 28 heavy (non-hydrogen) atoms. The van der Waals surface area contributed by atoms with Crippen LogP contribution in [0.25, 0.3) is 0 Å². The highest BCUT2D eigenvalue weighted by Gasteiger charge is 2.36. The Kier molecular flexibility index (Phi) is 10.3. The fourth-order valence-corrected chi connectivity index (χ4v) is 5.97. The fourth-order valence-electron chi connectivity index (χ4n) is 5.97. The highest BCUT2D eigenvalue weighted by Crippen LogP contribution is 2.47.